The minimum atomic E-state index is 0.730. The van der Waals surface area contributed by atoms with E-state index in [0.717, 1.165) is 43.2 Å². The van der Waals surface area contributed by atoms with E-state index in [2.05, 4.69) is 49.5 Å². The van der Waals surface area contributed by atoms with Gasteiger partial charge in [-0.25, -0.2) is 0 Å². The van der Waals surface area contributed by atoms with Crippen molar-refractivity contribution in [2.75, 3.05) is 19.0 Å². The standard InChI is InChI=1S/C19H25NO2/c1-4-5-11-22-18-10-9-16(13-19(18)21-3)14-20-17-8-6-7-15(2)12-17/h6-10,12-13,20H,4-5,11,14H2,1-3H3. The zero-order valence-corrected chi connectivity index (χ0v) is 13.7. The summed E-state index contributed by atoms with van der Waals surface area (Å²) in [4.78, 5) is 0. The average Bonchev–Trinajstić information content (AvgIpc) is 2.54. The molecule has 118 valence electrons. The minimum absolute atomic E-state index is 0.730. The van der Waals surface area contributed by atoms with Gasteiger partial charge in [0.05, 0.1) is 13.7 Å². The Morgan fingerprint density at radius 3 is 2.64 bits per heavy atom. The summed E-state index contributed by atoms with van der Waals surface area (Å²) in [5, 5.41) is 3.43. The molecule has 0 unspecified atom stereocenters. The van der Waals surface area contributed by atoms with Crippen LogP contribution in [0.15, 0.2) is 42.5 Å². The van der Waals surface area contributed by atoms with E-state index in [1.54, 1.807) is 7.11 Å². The summed E-state index contributed by atoms with van der Waals surface area (Å²) in [7, 11) is 1.68. The van der Waals surface area contributed by atoms with Gasteiger partial charge >= 0.3 is 0 Å². The molecule has 0 fully saturated rings. The Bertz CT molecular complexity index is 596. The third-order valence-electron chi connectivity index (χ3n) is 3.50. The van der Waals surface area contributed by atoms with Gasteiger partial charge in [-0.1, -0.05) is 31.5 Å². The Hall–Kier alpha value is -2.16. The molecule has 2 aromatic carbocycles. The van der Waals surface area contributed by atoms with Crippen LogP contribution in [0.4, 0.5) is 5.69 Å². The fourth-order valence-corrected chi connectivity index (χ4v) is 2.23. The van der Waals surface area contributed by atoms with Crippen molar-refractivity contribution in [2.45, 2.75) is 33.2 Å². The maximum Gasteiger partial charge on any atom is 0.161 e. The van der Waals surface area contributed by atoms with E-state index in [1.807, 2.05) is 12.1 Å². The third-order valence-corrected chi connectivity index (χ3v) is 3.50. The van der Waals surface area contributed by atoms with Crippen LogP contribution in [0.5, 0.6) is 11.5 Å². The van der Waals surface area contributed by atoms with E-state index >= 15 is 0 Å². The molecule has 0 spiro atoms. The van der Waals surface area contributed by atoms with E-state index in [1.165, 1.54) is 11.1 Å². The number of nitrogens with one attached hydrogen (secondary N) is 1. The number of benzene rings is 2. The van der Waals surface area contributed by atoms with Gasteiger partial charge < -0.3 is 14.8 Å². The average molecular weight is 299 g/mol. The molecular formula is C19H25NO2. The summed E-state index contributed by atoms with van der Waals surface area (Å²) in [6.45, 7) is 5.74. The van der Waals surface area contributed by atoms with Gasteiger partial charge in [0.25, 0.3) is 0 Å². The number of rotatable bonds is 8. The number of methoxy groups -OCH3 is 1. The van der Waals surface area contributed by atoms with Gasteiger partial charge in [0.2, 0.25) is 0 Å². The van der Waals surface area contributed by atoms with Gasteiger partial charge in [0.15, 0.2) is 11.5 Å². The molecule has 2 aromatic rings. The lowest BCUT2D eigenvalue weighted by Crippen LogP contribution is -2.02. The van der Waals surface area contributed by atoms with Crippen LogP contribution in [0.2, 0.25) is 0 Å². The molecule has 22 heavy (non-hydrogen) atoms. The summed E-state index contributed by atoms with van der Waals surface area (Å²) in [5.74, 6) is 1.61. The van der Waals surface area contributed by atoms with E-state index < -0.39 is 0 Å². The molecule has 3 nitrogen and oxygen atoms in total. The van der Waals surface area contributed by atoms with E-state index in [0.29, 0.717) is 0 Å². The van der Waals surface area contributed by atoms with Crippen molar-refractivity contribution in [3.05, 3.63) is 53.6 Å². The Balaban J connectivity index is 1.99. The molecule has 0 aromatic heterocycles. The van der Waals surface area contributed by atoms with Crippen LogP contribution in [-0.4, -0.2) is 13.7 Å². The molecule has 0 saturated heterocycles. The van der Waals surface area contributed by atoms with Crippen LogP contribution in [0.1, 0.15) is 30.9 Å². The van der Waals surface area contributed by atoms with Gasteiger partial charge in [-0.05, 0) is 48.7 Å². The first kappa shape index (κ1) is 16.2. The smallest absolute Gasteiger partial charge is 0.161 e. The molecule has 0 aliphatic heterocycles. The molecule has 2 rings (SSSR count). The Labute approximate surface area is 133 Å². The van der Waals surface area contributed by atoms with E-state index in [4.69, 9.17) is 9.47 Å². The zero-order valence-electron chi connectivity index (χ0n) is 13.7. The SMILES string of the molecule is CCCCOc1ccc(CNc2cccc(C)c2)cc1OC. The predicted octanol–water partition coefficient (Wildman–Crippen LogP) is 4.79. The first-order valence-electron chi connectivity index (χ1n) is 7.83. The molecule has 0 aliphatic rings. The molecule has 1 N–H and O–H groups in total. The topological polar surface area (TPSA) is 30.5 Å². The van der Waals surface area contributed by atoms with Gasteiger partial charge in [-0.3, -0.25) is 0 Å². The van der Waals surface area contributed by atoms with Crippen molar-refractivity contribution in [1.29, 1.82) is 0 Å². The quantitative estimate of drug-likeness (QED) is 0.711. The second-order valence-corrected chi connectivity index (χ2v) is 5.41. The molecule has 0 aliphatic carbocycles. The highest BCUT2D eigenvalue weighted by molar-refractivity contribution is 5.48. The first-order chi connectivity index (χ1) is 10.7. The van der Waals surface area contributed by atoms with Crippen molar-refractivity contribution < 1.29 is 9.47 Å². The molecule has 0 atom stereocenters. The van der Waals surface area contributed by atoms with Crippen molar-refractivity contribution in [3.63, 3.8) is 0 Å². The van der Waals surface area contributed by atoms with Crippen LogP contribution in [-0.2, 0) is 6.54 Å². The molecule has 3 heteroatoms. The maximum absolute atomic E-state index is 5.76. The number of unbranched alkanes of at least 4 members (excludes halogenated alkanes) is 1. The van der Waals surface area contributed by atoms with E-state index in [9.17, 15) is 0 Å². The van der Waals surface area contributed by atoms with Gasteiger partial charge in [-0.15, -0.1) is 0 Å². The van der Waals surface area contributed by atoms with Crippen LogP contribution >= 0.6 is 0 Å². The fourth-order valence-electron chi connectivity index (χ4n) is 2.23. The van der Waals surface area contributed by atoms with Gasteiger partial charge in [0, 0.05) is 12.2 Å². The number of anilines is 1. The monoisotopic (exact) mass is 299 g/mol. The second-order valence-electron chi connectivity index (χ2n) is 5.41. The van der Waals surface area contributed by atoms with Crippen molar-refractivity contribution in [2.24, 2.45) is 0 Å². The van der Waals surface area contributed by atoms with Gasteiger partial charge in [0.1, 0.15) is 0 Å². The largest absolute Gasteiger partial charge is 0.493 e. The molecule has 0 bridgehead atoms. The number of hydrogen-bond acceptors (Lipinski definition) is 3. The Kier molecular flexibility index (Phi) is 6.13. The molecular weight excluding hydrogens is 274 g/mol. The van der Waals surface area contributed by atoms with Gasteiger partial charge in [-0.2, -0.15) is 0 Å². The van der Waals surface area contributed by atoms with Crippen LogP contribution < -0.4 is 14.8 Å². The summed E-state index contributed by atoms with van der Waals surface area (Å²) in [6, 6.07) is 14.5. The third kappa shape index (κ3) is 4.69. The lowest BCUT2D eigenvalue weighted by atomic mass is 10.2. The molecule has 0 amide bonds. The minimum Gasteiger partial charge on any atom is -0.493 e. The summed E-state index contributed by atoms with van der Waals surface area (Å²) in [6.07, 6.45) is 2.18. The lowest BCUT2D eigenvalue weighted by Gasteiger charge is -2.13. The molecule has 0 saturated carbocycles. The highest BCUT2D eigenvalue weighted by Gasteiger charge is 2.06. The Morgan fingerprint density at radius 1 is 1.05 bits per heavy atom. The van der Waals surface area contributed by atoms with E-state index in [-0.39, 0.29) is 0 Å². The van der Waals surface area contributed by atoms with Crippen LogP contribution in [0, 0.1) is 6.92 Å². The normalized spacial score (nSPS) is 10.3. The number of ether oxygens (including phenoxy) is 2. The van der Waals surface area contributed by atoms with Crippen LogP contribution in [0.3, 0.4) is 0 Å². The van der Waals surface area contributed by atoms with Crippen molar-refractivity contribution >= 4 is 5.69 Å². The number of aryl methyl sites for hydroxylation is 1. The molecule has 0 heterocycles. The Morgan fingerprint density at radius 2 is 1.91 bits per heavy atom. The fraction of sp³-hybridized carbons (Fsp3) is 0.368. The van der Waals surface area contributed by atoms with Crippen molar-refractivity contribution in [1.82, 2.24) is 0 Å². The predicted molar refractivity (Wildman–Crippen MR) is 91.9 cm³/mol. The lowest BCUT2D eigenvalue weighted by molar-refractivity contribution is 0.288. The summed E-state index contributed by atoms with van der Waals surface area (Å²) < 4.78 is 11.2. The molecule has 0 radical (unpaired) electrons. The summed E-state index contributed by atoms with van der Waals surface area (Å²) >= 11 is 0. The highest BCUT2D eigenvalue weighted by atomic mass is 16.5. The highest BCUT2D eigenvalue weighted by Crippen LogP contribution is 2.28. The summed E-state index contributed by atoms with van der Waals surface area (Å²) in [5.41, 5.74) is 3.55. The zero-order chi connectivity index (χ0) is 15.8. The maximum atomic E-state index is 5.76. The number of hydrogen-bond donors (Lipinski definition) is 1. The second kappa shape index (κ2) is 8.32. The first-order valence-corrected chi connectivity index (χ1v) is 7.83. The van der Waals surface area contributed by atoms with Crippen molar-refractivity contribution in [3.8, 4) is 11.5 Å². The van der Waals surface area contributed by atoms with Crippen LogP contribution in [0.25, 0.3) is 0 Å².